The fourth-order valence-electron chi connectivity index (χ4n) is 2.07. The van der Waals surface area contributed by atoms with Crippen molar-refractivity contribution in [2.75, 3.05) is 4.72 Å². The van der Waals surface area contributed by atoms with Gasteiger partial charge in [0.2, 0.25) is 0 Å². The Balaban J connectivity index is 2.27. The summed E-state index contributed by atoms with van der Waals surface area (Å²) in [7, 11) is -4.36. The zero-order valence-corrected chi connectivity index (χ0v) is 15.9. The van der Waals surface area contributed by atoms with Crippen LogP contribution in [0.2, 0.25) is 0 Å². The number of benzene rings is 1. The van der Waals surface area contributed by atoms with Gasteiger partial charge >= 0.3 is 5.97 Å². The molecule has 11 heteroatoms. The van der Waals surface area contributed by atoms with Crippen LogP contribution in [0.5, 0.6) is 0 Å². The molecule has 0 atom stereocenters. The van der Waals surface area contributed by atoms with Crippen LogP contribution in [-0.4, -0.2) is 35.9 Å². The maximum absolute atomic E-state index is 13.9. The van der Waals surface area contributed by atoms with E-state index in [4.69, 9.17) is 5.11 Å². The number of rotatable bonds is 5. The van der Waals surface area contributed by atoms with Crippen LogP contribution in [0.4, 0.5) is 14.5 Å². The highest BCUT2D eigenvalue weighted by Gasteiger charge is 2.22. The van der Waals surface area contributed by atoms with E-state index in [2.05, 4.69) is 10.3 Å². The largest absolute Gasteiger partial charge is 0.478 e. The minimum Gasteiger partial charge on any atom is -0.478 e. The number of nitrogens with zero attached hydrogens (tertiary/aromatic N) is 1. The first kappa shape index (κ1) is 21.2. The molecule has 0 aliphatic heterocycles. The Bertz CT molecular complexity index is 1030. The van der Waals surface area contributed by atoms with Crippen molar-refractivity contribution in [1.82, 2.24) is 10.3 Å². The Hall–Kier alpha value is -3.08. The summed E-state index contributed by atoms with van der Waals surface area (Å²) in [4.78, 5) is 26.2. The Morgan fingerprint density at radius 2 is 1.75 bits per heavy atom. The van der Waals surface area contributed by atoms with Gasteiger partial charge in [0, 0.05) is 17.8 Å². The molecule has 0 spiro atoms. The first-order valence-corrected chi connectivity index (χ1v) is 9.32. The van der Waals surface area contributed by atoms with Crippen LogP contribution in [0, 0.1) is 11.6 Å². The number of aromatic nitrogens is 1. The van der Waals surface area contributed by atoms with E-state index in [0.29, 0.717) is 12.1 Å². The minimum absolute atomic E-state index is 0.0306. The van der Waals surface area contributed by atoms with Crippen molar-refractivity contribution in [3.8, 4) is 0 Å². The van der Waals surface area contributed by atoms with E-state index in [0.717, 1.165) is 12.3 Å². The molecule has 28 heavy (non-hydrogen) atoms. The van der Waals surface area contributed by atoms with Crippen molar-refractivity contribution in [2.24, 2.45) is 0 Å². The molecule has 0 bridgehead atoms. The van der Waals surface area contributed by atoms with Gasteiger partial charge in [0.1, 0.15) is 22.2 Å². The van der Waals surface area contributed by atoms with Crippen molar-refractivity contribution in [3.63, 3.8) is 0 Å². The number of sulfonamides is 1. The summed E-state index contributed by atoms with van der Waals surface area (Å²) >= 11 is 0. The zero-order valence-electron chi connectivity index (χ0n) is 15.1. The number of carboxylic acids is 1. The van der Waals surface area contributed by atoms with Crippen LogP contribution < -0.4 is 10.0 Å². The van der Waals surface area contributed by atoms with Crippen LogP contribution >= 0.6 is 0 Å². The molecule has 0 aliphatic rings. The van der Waals surface area contributed by atoms with Gasteiger partial charge < -0.3 is 10.4 Å². The highest BCUT2D eigenvalue weighted by atomic mass is 32.2. The lowest BCUT2D eigenvalue weighted by atomic mass is 10.1. The summed E-state index contributed by atoms with van der Waals surface area (Å²) in [6.07, 6.45) is 0.889. The molecular weight excluding hydrogens is 396 g/mol. The third-order valence-corrected chi connectivity index (χ3v) is 4.65. The maximum atomic E-state index is 13.9. The highest BCUT2D eigenvalue weighted by molar-refractivity contribution is 7.92. The molecule has 0 unspecified atom stereocenters. The van der Waals surface area contributed by atoms with Gasteiger partial charge in [-0.2, -0.15) is 0 Å². The number of nitrogens with one attached hydrogen (secondary N) is 2. The topological polar surface area (TPSA) is 125 Å². The second-order valence-corrected chi connectivity index (χ2v) is 8.49. The van der Waals surface area contributed by atoms with E-state index in [-0.39, 0.29) is 5.69 Å². The molecule has 0 radical (unpaired) electrons. The normalized spacial score (nSPS) is 11.8. The van der Waals surface area contributed by atoms with Crippen LogP contribution in [-0.2, 0) is 10.0 Å². The molecule has 0 aliphatic carbocycles. The van der Waals surface area contributed by atoms with Crippen molar-refractivity contribution in [1.29, 1.82) is 0 Å². The third-order valence-electron chi connectivity index (χ3n) is 3.30. The number of hydrogen-bond donors (Lipinski definition) is 3. The number of carbonyl (C=O) groups excluding carboxylic acids is 1. The molecule has 2 rings (SSSR count). The fourth-order valence-corrected chi connectivity index (χ4v) is 3.07. The standard InChI is InChI=1S/C17H17F2N3O5S/c1-17(2,3)21-15(23)13-5-4-9(8-20-13)28(26,27)22-14-7-11(18)10(16(24)25)6-12(14)19/h4-8,22H,1-3H3,(H,21,23)(H,24,25). The molecule has 0 fully saturated rings. The summed E-state index contributed by atoms with van der Waals surface area (Å²) in [6.45, 7) is 5.28. The third kappa shape index (κ3) is 5.00. The molecule has 1 amide bonds. The molecule has 1 aromatic heterocycles. The number of anilines is 1. The molecule has 0 saturated carbocycles. The van der Waals surface area contributed by atoms with Gasteiger partial charge in [-0.15, -0.1) is 0 Å². The summed E-state index contributed by atoms with van der Waals surface area (Å²) in [6, 6.07) is 3.04. The van der Waals surface area contributed by atoms with Gasteiger partial charge in [-0.3, -0.25) is 9.52 Å². The number of amides is 1. The lowest BCUT2D eigenvalue weighted by molar-refractivity contribution is 0.0691. The SMILES string of the molecule is CC(C)(C)NC(=O)c1ccc(S(=O)(=O)Nc2cc(F)c(C(=O)O)cc2F)cn1. The maximum Gasteiger partial charge on any atom is 0.338 e. The minimum atomic E-state index is -4.36. The van der Waals surface area contributed by atoms with Crippen LogP contribution in [0.15, 0.2) is 35.4 Å². The van der Waals surface area contributed by atoms with E-state index in [1.54, 1.807) is 20.8 Å². The van der Waals surface area contributed by atoms with E-state index >= 15 is 0 Å². The second-order valence-electron chi connectivity index (χ2n) is 6.81. The Kier molecular flexibility index (Phi) is 5.69. The summed E-state index contributed by atoms with van der Waals surface area (Å²) in [5.74, 6) is -4.78. The fraction of sp³-hybridized carbons (Fsp3) is 0.235. The number of hydrogen-bond acceptors (Lipinski definition) is 5. The van der Waals surface area contributed by atoms with Crippen LogP contribution in [0.3, 0.4) is 0 Å². The quantitative estimate of drug-likeness (QED) is 0.691. The Morgan fingerprint density at radius 1 is 1.11 bits per heavy atom. The monoisotopic (exact) mass is 413 g/mol. The van der Waals surface area contributed by atoms with Gasteiger partial charge in [0.15, 0.2) is 0 Å². The van der Waals surface area contributed by atoms with Gasteiger partial charge in [-0.05, 0) is 39.0 Å². The average molecular weight is 413 g/mol. The smallest absolute Gasteiger partial charge is 0.338 e. The summed E-state index contributed by atoms with van der Waals surface area (Å²) < 4.78 is 54.1. The molecule has 3 N–H and O–H groups in total. The molecule has 1 aromatic carbocycles. The molecule has 0 saturated heterocycles. The van der Waals surface area contributed by atoms with E-state index < -0.39 is 55.2 Å². The van der Waals surface area contributed by atoms with Gasteiger partial charge in [0.05, 0.1) is 11.3 Å². The molecular formula is C17H17F2N3O5S. The van der Waals surface area contributed by atoms with Gasteiger partial charge in [-0.25, -0.2) is 27.0 Å². The average Bonchev–Trinajstić information content (AvgIpc) is 2.56. The van der Waals surface area contributed by atoms with Crippen molar-refractivity contribution >= 4 is 27.6 Å². The Morgan fingerprint density at radius 3 is 2.25 bits per heavy atom. The summed E-state index contributed by atoms with van der Waals surface area (Å²) in [5.41, 5.74) is -2.25. The number of pyridine rings is 1. The van der Waals surface area contributed by atoms with Gasteiger partial charge in [0.25, 0.3) is 15.9 Å². The molecule has 150 valence electrons. The van der Waals surface area contributed by atoms with Crippen molar-refractivity contribution in [3.05, 3.63) is 53.4 Å². The molecule has 2 aromatic rings. The lowest BCUT2D eigenvalue weighted by Gasteiger charge is -2.20. The van der Waals surface area contributed by atoms with Crippen molar-refractivity contribution in [2.45, 2.75) is 31.2 Å². The van der Waals surface area contributed by atoms with Crippen LogP contribution in [0.1, 0.15) is 41.6 Å². The van der Waals surface area contributed by atoms with Gasteiger partial charge in [-0.1, -0.05) is 0 Å². The second kappa shape index (κ2) is 7.50. The number of carboxylic acid groups (broad SMARTS) is 1. The zero-order chi connectivity index (χ0) is 21.3. The van der Waals surface area contributed by atoms with Crippen molar-refractivity contribution < 1.29 is 31.9 Å². The van der Waals surface area contributed by atoms with Crippen LogP contribution in [0.25, 0.3) is 0 Å². The highest BCUT2D eigenvalue weighted by Crippen LogP contribution is 2.23. The molecule has 1 heterocycles. The lowest BCUT2D eigenvalue weighted by Crippen LogP contribution is -2.40. The summed E-state index contributed by atoms with van der Waals surface area (Å²) in [5, 5.41) is 11.4. The Labute approximate surface area is 159 Å². The molecule has 8 nitrogen and oxygen atoms in total. The number of halogens is 2. The van der Waals surface area contributed by atoms with E-state index in [9.17, 15) is 26.8 Å². The predicted octanol–water partition coefficient (Wildman–Crippen LogP) is 2.39. The predicted molar refractivity (Wildman–Crippen MR) is 95.6 cm³/mol. The van der Waals surface area contributed by atoms with E-state index in [1.807, 2.05) is 4.72 Å². The first-order valence-electron chi connectivity index (χ1n) is 7.84. The van der Waals surface area contributed by atoms with E-state index in [1.165, 1.54) is 6.07 Å². The number of aromatic carboxylic acids is 1. The number of carbonyl (C=O) groups is 2. The first-order chi connectivity index (χ1) is 12.8.